The van der Waals surface area contributed by atoms with E-state index in [2.05, 4.69) is 38.1 Å². The normalized spacial score (nSPS) is 35.2. The van der Waals surface area contributed by atoms with E-state index < -0.39 is 0 Å². The van der Waals surface area contributed by atoms with Gasteiger partial charge < -0.3 is 5.32 Å². The van der Waals surface area contributed by atoms with Crippen LogP contribution in [0, 0.1) is 11.8 Å². The molecule has 1 aromatic rings. The Balaban J connectivity index is 1.44. The molecule has 1 aliphatic carbocycles. The summed E-state index contributed by atoms with van der Waals surface area (Å²) in [6.07, 6.45) is 6.72. The van der Waals surface area contributed by atoms with E-state index in [9.17, 15) is 4.79 Å². The summed E-state index contributed by atoms with van der Waals surface area (Å²) in [6.45, 7) is 0. The summed E-state index contributed by atoms with van der Waals surface area (Å²) >= 11 is 0. The van der Waals surface area contributed by atoms with Crippen LogP contribution in [0.4, 0.5) is 0 Å². The maximum Gasteiger partial charge on any atom is 0.224 e. The zero-order valence-corrected chi connectivity index (χ0v) is 11.7. The van der Waals surface area contributed by atoms with Gasteiger partial charge in [0.05, 0.1) is 12.3 Å². The number of hydrazine groups is 2. The van der Waals surface area contributed by atoms with Crippen molar-refractivity contribution in [1.29, 1.82) is 0 Å². The second-order valence-corrected chi connectivity index (χ2v) is 6.05. The van der Waals surface area contributed by atoms with Crippen LogP contribution in [0.15, 0.2) is 24.5 Å². The van der Waals surface area contributed by atoms with E-state index >= 15 is 0 Å². The third kappa shape index (κ3) is 2.65. The topological polar surface area (TPSA) is 90.1 Å². The number of fused-ring (bicyclic) bond motifs is 1. The lowest BCUT2D eigenvalue weighted by Crippen LogP contribution is -2.56. The van der Waals surface area contributed by atoms with Crippen LogP contribution in [0.1, 0.15) is 30.9 Å². The van der Waals surface area contributed by atoms with Crippen molar-refractivity contribution in [2.24, 2.45) is 11.8 Å². The molecule has 1 saturated carbocycles. The first-order valence-corrected chi connectivity index (χ1v) is 7.53. The van der Waals surface area contributed by atoms with Gasteiger partial charge >= 0.3 is 0 Å². The summed E-state index contributed by atoms with van der Waals surface area (Å²) < 4.78 is 0. The van der Waals surface area contributed by atoms with Gasteiger partial charge in [0.1, 0.15) is 0 Å². The van der Waals surface area contributed by atoms with Gasteiger partial charge in [0.15, 0.2) is 0 Å². The number of nitrogens with one attached hydrogen (secondary N) is 5. The van der Waals surface area contributed by atoms with Crippen molar-refractivity contribution in [3.05, 3.63) is 30.1 Å². The van der Waals surface area contributed by atoms with Crippen molar-refractivity contribution < 1.29 is 4.79 Å². The van der Waals surface area contributed by atoms with Crippen molar-refractivity contribution >= 4 is 5.91 Å². The fraction of sp³-hybridized carbons (Fsp3) is 0.571. The molecule has 5 N–H and O–H groups in total. The highest BCUT2D eigenvalue weighted by molar-refractivity contribution is 5.81. The summed E-state index contributed by atoms with van der Waals surface area (Å²) in [5.74, 6) is 0.695. The highest BCUT2D eigenvalue weighted by Gasteiger charge is 2.42. The van der Waals surface area contributed by atoms with Crippen molar-refractivity contribution in [3.63, 3.8) is 0 Å². The van der Waals surface area contributed by atoms with Crippen LogP contribution >= 0.6 is 0 Å². The summed E-state index contributed by atoms with van der Waals surface area (Å²) in [4.78, 5) is 16.1. The van der Waals surface area contributed by atoms with Crippen molar-refractivity contribution in [2.45, 2.75) is 37.6 Å². The van der Waals surface area contributed by atoms with E-state index in [1.807, 2.05) is 12.3 Å². The van der Waals surface area contributed by atoms with Gasteiger partial charge in [-0.15, -0.1) is 0 Å². The highest BCUT2D eigenvalue weighted by Crippen LogP contribution is 2.31. The third-order valence-corrected chi connectivity index (χ3v) is 4.50. The zero-order chi connectivity index (χ0) is 14.2. The Kier molecular flexibility index (Phi) is 3.34. The molecule has 4 rings (SSSR count). The molecule has 0 aromatic carbocycles. The number of amides is 1. The summed E-state index contributed by atoms with van der Waals surface area (Å²) in [6, 6.07) is 4.21. The molecule has 4 unspecified atom stereocenters. The average Bonchev–Trinajstić information content (AvgIpc) is 3.31. The number of nitrogens with zero attached hydrogens (tertiary/aromatic N) is 1. The number of aromatic nitrogens is 1. The van der Waals surface area contributed by atoms with Gasteiger partial charge in [0, 0.05) is 30.3 Å². The lowest BCUT2D eigenvalue weighted by molar-refractivity contribution is -0.123. The summed E-state index contributed by atoms with van der Waals surface area (Å²) in [7, 11) is 0. The molecular weight excluding hydrogens is 268 g/mol. The molecule has 0 bridgehead atoms. The molecule has 0 spiro atoms. The number of hydrogen-bond donors (Lipinski definition) is 5. The maximum absolute atomic E-state index is 12.0. The predicted molar refractivity (Wildman–Crippen MR) is 76.1 cm³/mol. The first-order valence-electron chi connectivity index (χ1n) is 7.53. The van der Waals surface area contributed by atoms with Crippen LogP contribution in [0.2, 0.25) is 0 Å². The van der Waals surface area contributed by atoms with Crippen LogP contribution in [0.3, 0.4) is 0 Å². The van der Waals surface area contributed by atoms with Crippen molar-refractivity contribution in [1.82, 2.24) is 32.0 Å². The molecule has 3 heterocycles. The molecule has 112 valence electrons. The highest BCUT2D eigenvalue weighted by atomic mass is 16.2. The lowest BCUT2D eigenvalue weighted by atomic mass is 9.90. The van der Waals surface area contributed by atoms with Crippen molar-refractivity contribution in [3.8, 4) is 0 Å². The maximum atomic E-state index is 12.0. The third-order valence-electron chi connectivity index (χ3n) is 4.50. The van der Waals surface area contributed by atoms with Gasteiger partial charge in [-0.05, 0) is 30.9 Å². The van der Waals surface area contributed by atoms with E-state index in [0.29, 0.717) is 5.92 Å². The minimum absolute atomic E-state index is 0.0307. The largest absolute Gasteiger partial charge is 0.339 e. The van der Waals surface area contributed by atoms with Crippen LogP contribution in [0.5, 0.6) is 0 Å². The van der Waals surface area contributed by atoms with Gasteiger partial charge in [-0.25, -0.2) is 21.7 Å². The van der Waals surface area contributed by atoms with Gasteiger partial charge in [-0.1, -0.05) is 6.07 Å². The molecule has 7 nitrogen and oxygen atoms in total. The van der Waals surface area contributed by atoms with E-state index in [-0.39, 0.29) is 30.2 Å². The molecule has 7 heteroatoms. The van der Waals surface area contributed by atoms with Crippen molar-refractivity contribution in [2.75, 3.05) is 0 Å². The van der Waals surface area contributed by atoms with Gasteiger partial charge in [-0.3, -0.25) is 9.78 Å². The standard InChI is InChI=1S/C14H20N6O/c21-14(8-3-4-8)16-12-10-6-11(9-2-1-5-15-7-9)17-19-13(10)20-18-12/h1-2,5,7-8,10-13,17-20H,3-4,6H2,(H,16,21). The minimum Gasteiger partial charge on any atom is -0.339 e. The quantitative estimate of drug-likeness (QED) is 0.516. The molecule has 0 radical (unpaired) electrons. The fourth-order valence-corrected chi connectivity index (χ4v) is 3.08. The Morgan fingerprint density at radius 1 is 1.24 bits per heavy atom. The fourth-order valence-electron chi connectivity index (χ4n) is 3.08. The second-order valence-electron chi connectivity index (χ2n) is 6.05. The molecule has 1 aromatic heterocycles. The smallest absolute Gasteiger partial charge is 0.224 e. The summed E-state index contributed by atoms with van der Waals surface area (Å²) in [5, 5.41) is 3.12. The Bertz CT molecular complexity index is 519. The molecule has 2 aliphatic heterocycles. The Morgan fingerprint density at radius 3 is 2.86 bits per heavy atom. The van der Waals surface area contributed by atoms with Crippen LogP contribution in [-0.2, 0) is 4.79 Å². The predicted octanol–water partition coefficient (Wildman–Crippen LogP) is -0.477. The van der Waals surface area contributed by atoms with E-state index in [1.54, 1.807) is 6.20 Å². The Hall–Kier alpha value is -1.54. The van der Waals surface area contributed by atoms with Gasteiger partial charge in [-0.2, -0.15) is 0 Å². The Labute approximate surface area is 123 Å². The first kappa shape index (κ1) is 13.1. The monoisotopic (exact) mass is 288 g/mol. The van der Waals surface area contributed by atoms with E-state index in [1.165, 1.54) is 0 Å². The molecular formula is C14H20N6O. The van der Waals surface area contributed by atoms with Crippen LogP contribution < -0.4 is 27.0 Å². The number of hydrogen-bond acceptors (Lipinski definition) is 6. The van der Waals surface area contributed by atoms with Crippen LogP contribution in [0.25, 0.3) is 0 Å². The lowest BCUT2D eigenvalue weighted by Gasteiger charge is -2.35. The minimum atomic E-state index is -0.0307. The SMILES string of the molecule is O=C(NC1NNC2NNC(c3cccnc3)CC21)C1CC1. The number of carbonyl (C=O) groups excluding carboxylic acids is 1. The first-order chi connectivity index (χ1) is 10.3. The molecule has 2 saturated heterocycles. The second kappa shape index (κ2) is 5.34. The molecule has 4 atom stereocenters. The summed E-state index contributed by atoms with van der Waals surface area (Å²) in [5.41, 5.74) is 14.1. The van der Waals surface area contributed by atoms with Gasteiger partial charge in [0.25, 0.3) is 0 Å². The molecule has 3 fully saturated rings. The van der Waals surface area contributed by atoms with E-state index in [0.717, 1.165) is 24.8 Å². The zero-order valence-electron chi connectivity index (χ0n) is 11.7. The number of pyridine rings is 1. The Morgan fingerprint density at radius 2 is 2.10 bits per heavy atom. The van der Waals surface area contributed by atoms with E-state index in [4.69, 9.17) is 0 Å². The molecule has 3 aliphatic rings. The number of carbonyl (C=O) groups is 1. The average molecular weight is 288 g/mol. The molecule has 1 amide bonds. The van der Waals surface area contributed by atoms with Gasteiger partial charge in [0.2, 0.25) is 5.91 Å². The molecule has 21 heavy (non-hydrogen) atoms. The van der Waals surface area contributed by atoms with Crippen LogP contribution in [-0.4, -0.2) is 23.2 Å². The number of rotatable bonds is 3.